The van der Waals surface area contributed by atoms with E-state index >= 15 is 0 Å². The van der Waals surface area contributed by atoms with Crippen molar-refractivity contribution in [2.75, 3.05) is 19.8 Å². The zero-order valence-corrected chi connectivity index (χ0v) is 11.4. The first kappa shape index (κ1) is 15.7. The maximum Gasteiger partial charge on any atom is 0.119 e. The summed E-state index contributed by atoms with van der Waals surface area (Å²) in [6.07, 6.45) is 2.37. The summed E-state index contributed by atoms with van der Waals surface area (Å²) in [5.41, 5.74) is 0.462. The van der Waals surface area contributed by atoms with Crippen LogP contribution in [0.25, 0.3) is 0 Å². The minimum absolute atomic E-state index is 0.0828. The molecule has 0 aliphatic heterocycles. The average molecular weight is 265 g/mol. The zero-order chi connectivity index (χ0) is 14.1. The molecule has 19 heavy (non-hydrogen) atoms. The van der Waals surface area contributed by atoms with Crippen LogP contribution in [-0.2, 0) is 6.54 Å². The number of aliphatic hydroxyl groups is 2. The van der Waals surface area contributed by atoms with E-state index in [9.17, 15) is 10.2 Å². The van der Waals surface area contributed by atoms with E-state index < -0.39 is 5.54 Å². The molecule has 0 saturated carbocycles. The number of hydrogen-bond donors (Lipinski definition) is 3. The summed E-state index contributed by atoms with van der Waals surface area (Å²) < 4.78 is 5.40. The minimum Gasteiger partial charge on any atom is -0.490 e. The van der Waals surface area contributed by atoms with Crippen molar-refractivity contribution in [1.29, 1.82) is 0 Å². The second kappa shape index (κ2) is 7.94. The second-order valence-electron chi connectivity index (χ2n) is 4.55. The molecular formula is C15H23NO3. The molecule has 0 heterocycles. The third kappa shape index (κ3) is 4.67. The number of rotatable bonds is 9. The van der Waals surface area contributed by atoms with Gasteiger partial charge in [0.2, 0.25) is 0 Å². The fourth-order valence-corrected chi connectivity index (χ4v) is 1.66. The number of hydrogen-bond acceptors (Lipinski definition) is 4. The van der Waals surface area contributed by atoms with Crippen LogP contribution >= 0.6 is 0 Å². The smallest absolute Gasteiger partial charge is 0.119 e. The highest BCUT2D eigenvalue weighted by molar-refractivity contribution is 5.27. The molecule has 0 aliphatic rings. The molecule has 1 rings (SSSR count). The molecule has 0 unspecified atom stereocenters. The average Bonchev–Trinajstić information content (AvgIpc) is 2.48. The third-order valence-electron chi connectivity index (χ3n) is 3.24. The molecule has 4 heteroatoms. The first-order valence-electron chi connectivity index (χ1n) is 6.49. The van der Waals surface area contributed by atoms with E-state index in [1.54, 1.807) is 6.08 Å². The summed E-state index contributed by atoms with van der Waals surface area (Å²) in [6.45, 7) is 6.45. The first-order chi connectivity index (χ1) is 9.19. The van der Waals surface area contributed by atoms with E-state index in [4.69, 9.17) is 4.74 Å². The lowest BCUT2D eigenvalue weighted by Gasteiger charge is -2.29. The molecule has 0 saturated heterocycles. The van der Waals surface area contributed by atoms with E-state index in [1.165, 1.54) is 0 Å². The van der Waals surface area contributed by atoms with Gasteiger partial charge in [-0.1, -0.05) is 31.7 Å². The van der Waals surface area contributed by atoms with Gasteiger partial charge < -0.3 is 20.3 Å². The Hall–Kier alpha value is -1.36. The number of benzene rings is 1. The van der Waals surface area contributed by atoms with Gasteiger partial charge in [-0.3, -0.25) is 0 Å². The van der Waals surface area contributed by atoms with Crippen LogP contribution in [0, 0.1) is 0 Å². The van der Waals surface area contributed by atoms with Crippen LogP contribution in [0.2, 0.25) is 0 Å². The van der Waals surface area contributed by atoms with Crippen LogP contribution in [-0.4, -0.2) is 35.6 Å². The maximum absolute atomic E-state index is 9.34. The van der Waals surface area contributed by atoms with Crippen LogP contribution in [0.1, 0.15) is 18.9 Å². The Morgan fingerprint density at radius 3 is 2.37 bits per heavy atom. The van der Waals surface area contributed by atoms with Crippen molar-refractivity contribution in [3.63, 3.8) is 0 Å². The highest BCUT2D eigenvalue weighted by Crippen LogP contribution is 2.14. The van der Waals surface area contributed by atoms with Gasteiger partial charge in [-0.05, 0) is 24.1 Å². The number of nitrogens with one attached hydrogen (secondary N) is 1. The quantitative estimate of drug-likeness (QED) is 0.592. The fraction of sp³-hybridized carbons (Fsp3) is 0.467. The molecule has 0 spiro atoms. The highest BCUT2D eigenvalue weighted by atomic mass is 16.5. The molecule has 0 aromatic heterocycles. The van der Waals surface area contributed by atoms with Crippen molar-refractivity contribution in [3.05, 3.63) is 42.5 Å². The molecule has 4 nitrogen and oxygen atoms in total. The monoisotopic (exact) mass is 265 g/mol. The lowest BCUT2D eigenvalue weighted by atomic mass is 9.98. The van der Waals surface area contributed by atoms with Crippen LogP contribution in [0.4, 0.5) is 0 Å². The minimum atomic E-state index is -0.613. The summed E-state index contributed by atoms with van der Waals surface area (Å²) in [4.78, 5) is 0. The van der Waals surface area contributed by atoms with Crippen molar-refractivity contribution >= 4 is 0 Å². The van der Waals surface area contributed by atoms with E-state index in [1.807, 2.05) is 31.2 Å². The van der Waals surface area contributed by atoms with Crippen molar-refractivity contribution in [2.24, 2.45) is 0 Å². The van der Waals surface area contributed by atoms with Crippen LogP contribution in [0.15, 0.2) is 36.9 Å². The molecule has 0 fully saturated rings. The summed E-state index contributed by atoms with van der Waals surface area (Å²) in [6, 6.07) is 7.71. The van der Waals surface area contributed by atoms with E-state index in [2.05, 4.69) is 11.9 Å². The highest BCUT2D eigenvalue weighted by Gasteiger charge is 2.25. The number of ether oxygens (including phenoxy) is 1. The van der Waals surface area contributed by atoms with Crippen molar-refractivity contribution in [2.45, 2.75) is 25.4 Å². The van der Waals surface area contributed by atoms with Gasteiger partial charge in [0.25, 0.3) is 0 Å². The fourth-order valence-electron chi connectivity index (χ4n) is 1.66. The van der Waals surface area contributed by atoms with Gasteiger partial charge in [-0.25, -0.2) is 0 Å². The Kier molecular flexibility index (Phi) is 6.56. The van der Waals surface area contributed by atoms with Gasteiger partial charge in [0, 0.05) is 6.54 Å². The van der Waals surface area contributed by atoms with Crippen LogP contribution < -0.4 is 10.1 Å². The molecule has 0 atom stereocenters. The molecule has 0 radical (unpaired) electrons. The van der Waals surface area contributed by atoms with Crippen molar-refractivity contribution in [3.8, 4) is 5.75 Å². The van der Waals surface area contributed by atoms with Gasteiger partial charge in [-0.2, -0.15) is 0 Å². The third-order valence-corrected chi connectivity index (χ3v) is 3.24. The van der Waals surface area contributed by atoms with Gasteiger partial charge in [0.1, 0.15) is 12.4 Å². The Morgan fingerprint density at radius 1 is 1.26 bits per heavy atom. The van der Waals surface area contributed by atoms with E-state index in [-0.39, 0.29) is 13.2 Å². The Balaban J connectivity index is 2.55. The van der Waals surface area contributed by atoms with E-state index in [0.717, 1.165) is 11.3 Å². The number of aliphatic hydroxyl groups excluding tert-OH is 2. The van der Waals surface area contributed by atoms with Gasteiger partial charge in [0.15, 0.2) is 0 Å². The largest absolute Gasteiger partial charge is 0.490 e. The molecule has 106 valence electrons. The SMILES string of the molecule is C=CCOc1ccc(CNC(CC)(CO)CO)cc1. The zero-order valence-electron chi connectivity index (χ0n) is 11.4. The first-order valence-corrected chi connectivity index (χ1v) is 6.49. The molecule has 0 bridgehead atoms. The Bertz CT molecular complexity index is 363. The summed E-state index contributed by atoms with van der Waals surface area (Å²) >= 11 is 0. The predicted octanol–water partition coefficient (Wildman–Crippen LogP) is 1.47. The lowest BCUT2D eigenvalue weighted by Crippen LogP contribution is -2.50. The van der Waals surface area contributed by atoms with Crippen LogP contribution in [0.5, 0.6) is 5.75 Å². The second-order valence-corrected chi connectivity index (χ2v) is 4.55. The van der Waals surface area contributed by atoms with Gasteiger partial charge >= 0.3 is 0 Å². The molecule has 1 aromatic carbocycles. The molecule has 0 aliphatic carbocycles. The van der Waals surface area contributed by atoms with Crippen LogP contribution in [0.3, 0.4) is 0 Å². The predicted molar refractivity (Wildman–Crippen MR) is 76.2 cm³/mol. The normalized spacial score (nSPS) is 11.3. The van der Waals surface area contributed by atoms with Gasteiger partial charge in [-0.15, -0.1) is 0 Å². The summed E-state index contributed by atoms with van der Waals surface area (Å²) in [7, 11) is 0. The molecule has 0 amide bonds. The molecule has 3 N–H and O–H groups in total. The topological polar surface area (TPSA) is 61.7 Å². The molecule has 1 aromatic rings. The lowest BCUT2D eigenvalue weighted by molar-refractivity contribution is 0.0864. The summed E-state index contributed by atoms with van der Waals surface area (Å²) in [5, 5.41) is 21.9. The van der Waals surface area contributed by atoms with Crippen molar-refractivity contribution < 1.29 is 14.9 Å². The standard InChI is InChI=1S/C15H23NO3/c1-3-9-19-14-7-5-13(6-8-14)10-16-15(4-2,11-17)12-18/h3,5-8,16-18H,1,4,9-12H2,2H3. The summed E-state index contributed by atoms with van der Waals surface area (Å²) in [5.74, 6) is 0.801. The Morgan fingerprint density at radius 2 is 1.89 bits per heavy atom. The molecular weight excluding hydrogens is 242 g/mol. The Labute approximate surface area is 114 Å². The maximum atomic E-state index is 9.34. The van der Waals surface area contributed by atoms with Crippen molar-refractivity contribution in [1.82, 2.24) is 5.32 Å². The van der Waals surface area contributed by atoms with E-state index in [0.29, 0.717) is 19.6 Å². The van der Waals surface area contributed by atoms with Gasteiger partial charge in [0.05, 0.1) is 18.8 Å².